The van der Waals surface area contributed by atoms with Crippen LogP contribution in [0.25, 0.3) is 0 Å². The second-order valence-electron chi connectivity index (χ2n) is 5.08. The zero-order valence-electron chi connectivity index (χ0n) is 13.2. The van der Waals surface area contributed by atoms with E-state index in [0.29, 0.717) is 23.5 Å². The number of ether oxygens (including phenoxy) is 1. The Labute approximate surface area is 135 Å². The van der Waals surface area contributed by atoms with Crippen molar-refractivity contribution in [2.24, 2.45) is 0 Å². The monoisotopic (exact) mass is 312 g/mol. The van der Waals surface area contributed by atoms with Crippen LogP contribution in [0.5, 0.6) is 5.75 Å². The first-order valence-electron chi connectivity index (χ1n) is 7.48. The first-order chi connectivity index (χ1) is 11.1. The second kappa shape index (κ2) is 7.98. The summed E-state index contributed by atoms with van der Waals surface area (Å²) >= 11 is 0. The molecule has 0 aromatic heterocycles. The molecule has 2 amide bonds. The Balaban J connectivity index is 1.97. The number of amides is 2. The maximum atomic E-state index is 12.3. The molecule has 0 bridgehead atoms. The zero-order valence-corrected chi connectivity index (χ0v) is 13.2. The summed E-state index contributed by atoms with van der Waals surface area (Å²) in [4.78, 5) is 23.3. The van der Waals surface area contributed by atoms with Gasteiger partial charge in [0.05, 0.1) is 0 Å². The van der Waals surface area contributed by atoms with E-state index in [1.54, 1.807) is 24.3 Å². The molecule has 1 atom stereocenters. The van der Waals surface area contributed by atoms with E-state index in [-0.39, 0.29) is 11.8 Å². The predicted molar refractivity (Wildman–Crippen MR) is 90.5 cm³/mol. The molecule has 5 heteroatoms. The minimum Gasteiger partial charge on any atom is -0.481 e. The SMILES string of the molecule is CC[C@H](Oc1ccccc1)C(=O)Nc1ccc(NC(C)=O)cc1. The molecule has 0 aliphatic heterocycles. The number of carbonyl (C=O) groups is 2. The Bertz CT molecular complexity index is 654. The third kappa shape index (κ3) is 5.14. The van der Waals surface area contributed by atoms with Crippen molar-refractivity contribution in [1.82, 2.24) is 0 Å². The van der Waals surface area contributed by atoms with Crippen molar-refractivity contribution in [2.45, 2.75) is 26.4 Å². The number of hydrogen-bond acceptors (Lipinski definition) is 3. The standard InChI is InChI=1S/C18H20N2O3/c1-3-17(23-16-7-5-4-6-8-16)18(22)20-15-11-9-14(10-12-15)19-13(2)21/h4-12,17H,3H2,1-2H3,(H,19,21)(H,20,22)/t17-/m0/s1. The Morgan fingerprint density at radius 2 is 1.52 bits per heavy atom. The molecule has 2 aromatic carbocycles. The molecule has 2 rings (SSSR count). The van der Waals surface area contributed by atoms with E-state index in [4.69, 9.17) is 4.74 Å². The van der Waals surface area contributed by atoms with Crippen LogP contribution in [-0.4, -0.2) is 17.9 Å². The minimum absolute atomic E-state index is 0.135. The van der Waals surface area contributed by atoms with E-state index in [1.807, 2.05) is 37.3 Å². The van der Waals surface area contributed by atoms with Crippen LogP contribution in [0.4, 0.5) is 11.4 Å². The lowest BCUT2D eigenvalue weighted by Gasteiger charge is -2.17. The van der Waals surface area contributed by atoms with Gasteiger partial charge in [0.1, 0.15) is 5.75 Å². The zero-order chi connectivity index (χ0) is 16.7. The molecule has 0 unspecified atom stereocenters. The lowest BCUT2D eigenvalue weighted by molar-refractivity contribution is -0.122. The van der Waals surface area contributed by atoms with Crippen molar-refractivity contribution in [2.75, 3.05) is 10.6 Å². The quantitative estimate of drug-likeness (QED) is 0.858. The molecule has 0 radical (unpaired) electrons. The molecule has 0 fully saturated rings. The summed E-state index contributed by atoms with van der Waals surface area (Å²) in [6, 6.07) is 16.2. The van der Waals surface area contributed by atoms with Gasteiger partial charge in [-0.1, -0.05) is 25.1 Å². The number of nitrogens with one attached hydrogen (secondary N) is 2. The van der Waals surface area contributed by atoms with Crippen LogP contribution in [0.1, 0.15) is 20.3 Å². The van der Waals surface area contributed by atoms with Crippen LogP contribution in [-0.2, 0) is 9.59 Å². The van der Waals surface area contributed by atoms with Gasteiger partial charge in [-0.25, -0.2) is 0 Å². The Kier molecular flexibility index (Phi) is 5.74. The third-order valence-corrected chi connectivity index (χ3v) is 3.16. The Morgan fingerprint density at radius 1 is 0.957 bits per heavy atom. The van der Waals surface area contributed by atoms with Gasteiger partial charge in [-0.15, -0.1) is 0 Å². The molecular weight excluding hydrogens is 292 g/mol. The summed E-state index contributed by atoms with van der Waals surface area (Å²) in [5.74, 6) is 0.322. The molecular formula is C18H20N2O3. The van der Waals surface area contributed by atoms with Gasteiger partial charge in [0, 0.05) is 18.3 Å². The topological polar surface area (TPSA) is 67.4 Å². The van der Waals surface area contributed by atoms with Gasteiger partial charge in [0.15, 0.2) is 6.10 Å². The van der Waals surface area contributed by atoms with Crippen molar-refractivity contribution in [3.63, 3.8) is 0 Å². The van der Waals surface area contributed by atoms with E-state index >= 15 is 0 Å². The fraction of sp³-hybridized carbons (Fsp3) is 0.222. The van der Waals surface area contributed by atoms with Crippen molar-refractivity contribution < 1.29 is 14.3 Å². The lowest BCUT2D eigenvalue weighted by Crippen LogP contribution is -2.32. The van der Waals surface area contributed by atoms with Crippen molar-refractivity contribution in [1.29, 1.82) is 0 Å². The molecule has 0 aliphatic carbocycles. The fourth-order valence-corrected chi connectivity index (χ4v) is 2.05. The average molecular weight is 312 g/mol. The fourth-order valence-electron chi connectivity index (χ4n) is 2.05. The van der Waals surface area contributed by atoms with Crippen molar-refractivity contribution in [3.05, 3.63) is 54.6 Å². The maximum Gasteiger partial charge on any atom is 0.265 e. The average Bonchev–Trinajstić information content (AvgIpc) is 2.55. The maximum absolute atomic E-state index is 12.3. The van der Waals surface area contributed by atoms with Gasteiger partial charge in [0.25, 0.3) is 5.91 Å². The van der Waals surface area contributed by atoms with Crippen LogP contribution in [0.3, 0.4) is 0 Å². The molecule has 23 heavy (non-hydrogen) atoms. The second-order valence-corrected chi connectivity index (χ2v) is 5.08. The lowest BCUT2D eigenvalue weighted by atomic mass is 10.2. The summed E-state index contributed by atoms with van der Waals surface area (Å²) in [5, 5.41) is 5.49. The van der Waals surface area contributed by atoms with Crippen LogP contribution in [0.15, 0.2) is 54.6 Å². The van der Waals surface area contributed by atoms with Crippen LogP contribution in [0.2, 0.25) is 0 Å². The van der Waals surface area contributed by atoms with E-state index in [0.717, 1.165) is 0 Å². The summed E-state index contributed by atoms with van der Waals surface area (Å²) in [7, 11) is 0. The van der Waals surface area contributed by atoms with Gasteiger partial charge >= 0.3 is 0 Å². The first kappa shape index (κ1) is 16.5. The van der Waals surface area contributed by atoms with Gasteiger partial charge < -0.3 is 15.4 Å². The highest BCUT2D eigenvalue weighted by molar-refractivity contribution is 5.95. The highest BCUT2D eigenvalue weighted by Gasteiger charge is 2.18. The van der Waals surface area contributed by atoms with Crippen molar-refractivity contribution in [3.8, 4) is 5.75 Å². The van der Waals surface area contributed by atoms with E-state index in [9.17, 15) is 9.59 Å². The van der Waals surface area contributed by atoms with E-state index in [2.05, 4.69) is 10.6 Å². The molecule has 120 valence electrons. The van der Waals surface area contributed by atoms with Gasteiger partial charge in [-0.3, -0.25) is 9.59 Å². The third-order valence-electron chi connectivity index (χ3n) is 3.16. The summed E-state index contributed by atoms with van der Waals surface area (Å²) < 4.78 is 5.70. The molecule has 0 saturated carbocycles. The van der Waals surface area contributed by atoms with Crippen LogP contribution < -0.4 is 15.4 Å². The van der Waals surface area contributed by atoms with E-state index in [1.165, 1.54) is 6.92 Å². The molecule has 2 N–H and O–H groups in total. The van der Waals surface area contributed by atoms with E-state index < -0.39 is 6.10 Å². The number of benzene rings is 2. The van der Waals surface area contributed by atoms with Gasteiger partial charge in [-0.2, -0.15) is 0 Å². The predicted octanol–water partition coefficient (Wildman–Crippen LogP) is 3.44. The Hall–Kier alpha value is -2.82. The highest BCUT2D eigenvalue weighted by atomic mass is 16.5. The minimum atomic E-state index is -0.563. The first-order valence-corrected chi connectivity index (χ1v) is 7.48. The number of rotatable bonds is 6. The number of carbonyl (C=O) groups excluding carboxylic acids is 2. The summed E-state index contributed by atoms with van der Waals surface area (Å²) in [5.41, 5.74) is 1.34. The number of hydrogen-bond donors (Lipinski definition) is 2. The van der Waals surface area contributed by atoms with Crippen molar-refractivity contribution >= 4 is 23.2 Å². The van der Waals surface area contributed by atoms with Gasteiger partial charge in [-0.05, 0) is 42.8 Å². The molecule has 0 saturated heterocycles. The molecule has 0 aliphatic rings. The molecule has 5 nitrogen and oxygen atoms in total. The number of para-hydroxylation sites is 1. The normalized spacial score (nSPS) is 11.4. The molecule has 0 heterocycles. The number of anilines is 2. The smallest absolute Gasteiger partial charge is 0.265 e. The summed E-state index contributed by atoms with van der Waals surface area (Å²) in [6.07, 6.45) is -0.00235. The largest absolute Gasteiger partial charge is 0.481 e. The molecule has 2 aromatic rings. The Morgan fingerprint density at radius 3 is 2.04 bits per heavy atom. The van der Waals surface area contributed by atoms with Gasteiger partial charge in [0.2, 0.25) is 5.91 Å². The van der Waals surface area contributed by atoms with Crippen LogP contribution in [0, 0.1) is 0 Å². The molecule has 0 spiro atoms. The summed E-state index contributed by atoms with van der Waals surface area (Å²) in [6.45, 7) is 3.34. The van der Waals surface area contributed by atoms with Crippen LogP contribution >= 0.6 is 0 Å². The highest BCUT2D eigenvalue weighted by Crippen LogP contribution is 2.16.